The Hall–Kier alpha value is -2.05. The van der Waals surface area contributed by atoms with Crippen LogP contribution in [0.3, 0.4) is 0 Å². The molecule has 3 unspecified atom stereocenters. The number of Topliss-reactive ketones (excluding diaryl/α,β-unsaturated/α-hetero) is 1. The molecule has 0 aliphatic carbocycles. The van der Waals surface area contributed by atoms with Gasteiger partial charge in [0.25, 0.3) is 0 Å². The summed E-state index contributed by atoms with van der Waals surface area (Å²) in [5.74, 6) is 1.65. The molecule has 1 aromatic heterocycles. The van der Waals surface area contributed by atoms with E-state index in [1.165, 1.54) is 31.2 Å². The van der Waals surface area contributed by atoms with Gasteiger partial charge in [0.05, 0.1) is 5.01 Å². The Bertz CT molecular complexity index is 968. The number of anilines is 1. The lowest BCUT2D eigenvalue weighted by molar-refractivity contribution is -0.115. The van der Waals surface area contributed by atoms with E-state index in [1.807, 2.05) is 31.4 Å². The lowest BCUT2D eigenvalue weighted by Crippen LogP contribution is -2.36. The van der Waals surface area contributed by atoms with Gasteiger partial charge in [-0.05, 0) is 68.2 Å². The van der Waals surface area contributed by atoms with Crippen molar-refractivity contribution in [3.63, 3.8) is 0 Å². The molecule has 0 aliphatic rings. The molecule has 0 fully saturated rings. The number of nitrogen functional groups attached to an aromatic ring is 1. The normalized spacial score (nSPS) is 13.5. The first-order valence-corrected chi connectivity index (χ1v) is 16.3. The van der Waals surface area contributed by atoms with Gasteiger partial charge in [0.2, 0.25) is 0 Å². The number of ketones is 1. The van der Waals surface area contributed by atoms with E-state index >= 15 is 0 Å². The van der Waals surface area contributed by atoms with E-state index in [-0.39, 0.29) is 18.6 Å². The van der Waals surface area contributed by atoms with Gasteiger partial charge >= 0.3 is 0 Å². The summed E-state index contributed by atoms with van der Waals surface area (Å²) in [6.45, 7) is 17.9. The van der Waals surface area contributed by atoms with Crippen molar-refractivity contribution in [1.82, 2.24) is 10.3 Å². The van der Waals surface area contributed by atoms with E-state index in [4.69, 9.17) is 5.73 Å². The molecule has 0 aliphatic heterocycles. The van der Waals surface area contributed by atoms with Gasteiger partial charge in [-0.2, -0.15) is 0 Å². The van der Waals surface area contributed by atoms with Crippen LogP contribution in [0.2, 0.25) is 0 Å². The largest absolute Gasteiger partial charge is 0.399 e. The fraction of sp³-hybridized carbons (Fsp3) is 0.686. The van der Waals surface area contributed by atoms with E-state index in [0.717, 1.165) is 55.6 Å². The van der Waals surface area contributed by atoms with Crippen molar-refractivity contribution in [1.29, 1.82) is 0 Å². The molecule has 41 heavy (non-hydrogen) atoms. The number of aldehydes is 1. The molecule has 234 valence electrons. The lowest BCUT2D eigenvalue weighted by Gasteiger charge is -2.26. The van der Waals surface area contributed by atoms with E-state index in [9.17, 15) is 9.59 Å². The van der Waals surface area contributed by atoms with Gasteiger partial charge in [-0.1, -0.05) is 93.7 Å². The summed E-state index contributed by atoms with van der Waals surface area (Å²) >= 11 is 1.65. The first-order chi connectivity index (χ1) is 18.9. The molecular formula is C35H61N3O2S. The van der Waals surface area contributed by atoms with Crippen molar-refractivity contribution in [2.24, 2.45) is 17.3 Å². The number of hydrogen-bond donors (Lipinski definition) is 2. The monoisotopic (exact) mass is 587 g/mol. The van der Waals surface area contributed by atoms with Gasteiger partial charge in [-0.25, -0.2) is 4.98 Å². The van der Waals surface area contributed by atoms with Crippen molar-refractivity contribution in [2.45, 2.75) is 133 Å². The molecular weight excluding hydrogens is 526 g/mol. The van der Waals surface area contributed by atoms with E-state index in [2.05, 4.69) is 57.1 Å². The number of rotatable bonds is 18. The number of nitrogens with zero attached hydrogens (tertiary/aromatic N) is 1. The van der Waals surface area contributed by atoms with Gasteiger partial charge in [0.1, 0.15) is 12.0 Å². The Labute approximate surface area is 256 Å². The fourth-order valence-electron chi connectivity index (χ4n) is 5.14. The number of hydrogen-bond acceptors (Lipinski definition) is 6. The van der Waals surface area contributed by atoms with Crippen molar-refractivity contribution in [2.75, 3.05) is 12.3 Å². The third-order valence-corrected chi connectivity index (χ3v) is 8.41. The van der Waals surface area contributed by atoms with Crippen LogP contribution in [0.4, 0.5) is 5.69 Å². The molecule has 0 saturated heterocycles. The highest BCUT2D eigenvalue weighted by Gasteiger charge is 2.23. The first-order valence-electron chi connectivity index (χ1n) is 15.4. The minimum absolute atomic E-state index is 0. The second-order valence-corrected chi connectivity index (χ2v) is 13.5. The summed E-state index contributed by atoms with van der Waals surface area (Å²) in [7, 11) is 0. The number of unbranched alkanes of at least 4 members (excludes halogenated alkanes) is 3. The molecule has 3 atom stereocenters. The van der Waals surface area contributed by atoms with Crippen LogP contribution in [0.1, 0.15) is 141 Å². The summed E-state index contributed by atoms with van der Waals surface area (Å²) < 4.78 is 0. The summed E-state index contributed by atoms with van der Waals surface area (Å²) in [6, 6.07) is 8.48. The van der Waals surface area contributed by atoms with Gasteiger partial charge in [0, 0.05) is 35.4 Å². The molecule has 0 amide bonds. The molecule has 0 spiro atoms. The predicted molar refractivity (Wildman–Crippen MR) is 180 cm³/mol. The van der Waals surface area contributed by atoms with Crippen LogP contribution in [0.15, 0.2) is 29.6 Å². The standard InChI is InChI=1S/C20H36N2OS.C14H21NO.CH4/c1-6-8-9-10-12-21-18(15(3)4)13-17(11-7-2)20-22-19(14-24-20)16(5)23;1-11(9-14(2,3)10-16)8-12-4-6-13(15)7-5-12;/h14-15,17-18,21H,6-13H2,1-5H3;4-7,10-11H,8-9,15H2,1-3H3;1H4. The number of nitrogens with two attached hydrogens (primary N) is 1. The van der Waals surface area contributed by atoms with Crippen LogP contribution in [0, 0.1) is 17.3 Å². The zero-order chi connectivity index (χ0) is 30.1. The van der Waals surface area contributed by atoms with Crippen LogP contribution in [0.5, 0.6) is 0 Å². The Morgan fingerprint density at radius 1 is 1.07 bits per heavy atom. The Morgan fingerprint density at radius 3 is 2.24 bits per heavy atom. The number of carbonyl (C=O) groups excluding carboxylic acids is 2. The van der Waals surface area contributed by atoms with E-state index in [0.29, 0.717) is 29.5 Å². The summed E-state index contributed by atoms with van der Waals surface area (Å²) in [5, 5.41) is 6.84. The van der Waals surface area contributed by atoms with Gasteiger partial charge in [-0.15, -0.1) is 11.3 Å². The zero-order valence-corrected chi connectivity index (χ0v) is 27.4. The third-order valence-electron chi connectivity index (χ3n) is 7.41. The SMILES string of the molecule is C.CC(Cc1ccc(N)cc1)CC(C)(C)C=O.CCCCCCNC(CC(CCC)c1nc(C(C)=O)cs1)C(C)C. The predicted octanol–water partition coefficient (Wildman–Crippen LogP) is 9.51. The van der Waals surface area contributed by atoms with Crippen molar-refractivity contribution >= 4 is 29.1 Å². The molecule has 0 saturated carbocycles. The van der Waals surface area contributed by atoms with Crippen LogP contribution < -0.4 is 11.1 Å². The van der Waals surface area contributed by atoms with Crippen LogP contribution >= 0.6 is 11.3 Å². The number of carbonyl (C=O) groups is 2. The van der Waals surface area contributed by atoms with Crippen LogP contribution in [-0.2, 0) is 11.2 Å². The van der Waals surface area contributed by atoms with E-state index in [1.54, 1.807) is 18.3 Å². The maximum absolute atomic E-state index is 11.5. The van der Waals surface area contributed by atoms with Gasteiger partial charge < -0.3 is 15.8 Å². The molecule has 1 heterocycles. The highest BCUT2D eigenvalue weighted by molar-refractivity contribution is 7.09. The number of aromatic nitrogens is 1. The summed E-state index contributed by atoms with van der Waals surface area (Å²) in [6.07, 6.45) is 11.6. The third kappa shape index (κ3) is 16.2. The quantitative estimate of drug-likeness (QED) is 0.0785. The molecule has 0 bridgehead atoms. The molecule has 0 radical (unpaired) electrons. The molecule has 2 aromatic rings. The average Bonchev–Trinajstić information content (AvgIpc) is 3.39. The molecule has 3 N–H and O–H groups in total. The number of benzene rings is 1. The van der Waals surface area contributed by atoms with Crippen LogP contribution in [-0.4, -0.2) is 29.6 Å². The van der Waals surface area contributed by atoms with Crippen LogP contribution in [0.25, 0.3) is 0 Å². The molecule has 2 rings (SSSR count). The smallest absolute Gasteiger partial charge is 0.178 e. The van der Waals surface area contributed by atoms with Gasteiger partial charge in [0.15, 0.2) is 5.78 Å². The van der Waals surface area contributed by atoms with E-state index < -0.39 is 0 Å². The zero-order valence-electron chi connectivity index (χ0n) is 26.6. The molecule has 5 nitrogen and oxygen atoms in total. The maximum atomic E-state index is 11.5. The Kier molecular flexibility index (Phi) is 19.7. The average molecular weight is 588 g/mol. The minimum Gasteiger partial charge on any atom is -0.399 e. The van der Waals surface area contributed by atoms with Crippen molar-refractivity contribution < 1.29 is 9.59 Å². The molecule has 6 heteroatoms. The topological polar surface area (TPSA) is 85.1 Å². The minimum atomic E-state index is -0.215. The Morgan fingerprint density at radius 2 is 1.73 bits per heavy atom. The second-order valence-electron chi connectivity index (χ2n) is 12.6. The first kappa shape index (κ1) is 39.0. The summed E-state index contributed by atoms with van der Waals surface area (Å²) in [5.41, 5.74) is 8.13. The molecule has 1 aromatic carbocycles. The number of nitrogens with one attached hydrogen (secondary N) is 1. The Balaban J connectivity index is 0.000000821. The van der Waals surface area contributed by atoms with Crippen molar-refractivity contribution in [3.05, 3.63) is 45.9 Å². The fourth-order valence-corrected chi connectivity index (χ4v) is 6.15. The van der Waals surface area contributed by atoms with Crippen molar-refractivity contribution in [3.8, 4) is 0 Å². The highest BCUT2D eigenvalue weighted by atomic mass is 32.1. The second kappa shape index (κ2) is 20.8. The highest BCUT2D eigenvalue weighted by Crippen LogP contribution is 2.31. The lowest BCUT2D eigenvalue weighted by atomic mass is 9.82. The maximum Gasteiger partial charge on any atom is 0.178 e. The number of thiazole rings is 1. The van der Waals surface area contributed by atoms with Gasteiger partial charge in [-0.3, -0.25) is 4.79 Å². The summed E-state index contributed by atoms with van der Waals surface area (Å²) in [4.78, 5) is 27.0.